The van der Waals surface area contributed by atoms with Crippen molar-refractivity contribution in [2.24, 2.45) is 0 Å². The Morgan fingerprint density at radius 2 is 0.909 bits per heavy atom. The maximum Gasteiger partial charge on any atom is 0.180 e. The molecule has 3 nitrogen and oxygen atoms in total. The van der Waals surface area contributed by atoms with Gasteiger partial charge in [0.2, 0.25) is 0 Å². The zero-order valence-electron chi connectivity index (χ0n) is 30.3. The summed E-state index contributed by atoms with van der Waals surface area (Å²) < 4.78 is 6.35. The third kappa shape index (κ3) is 24.8. The Morgan fingerprint density at radius 3 is 1.32 bits per heavy atom. The second-order valence-electron chi connectivity index (χ2n) is 12.9. The molecular weight excluding hydrogens is 538 g/mol. The van der Waals surface area contributed by atoms with E-state index < -0.39 is 5.72 Å². The zero-order valence-corrected chi connectivity index (χ0v) is 30.3. The van der Waals surface area contributed by atoms with E-state index in [0.29, 0.717) is 19.4 Å². The number of carbonyl (C=O) groups excluding carboxylic acids is 1. The fraction of sp³-hybridized carbons (Fsp3) is 0.780. The Labute approximate surface area is 276 Å². The molecule has 0 aliphatic rings. The predicted molar refractivity (Wildman–Crippen MR) is 196 cm³/mol. The largest absolute Gasteiger partial charge is 0.353 e. The van der Waals surface area contributed by atoms with E-state index >= 15 is 0 Å². The third-order valence-electron chi connectivity index (χ3n) is 8.68. The van der Waals surface area contributed by atoms with E-state index in [1.54, 1.807) is 0 Å². The molecule has 0 heterocycles. The van der Waals surface area contributed by atoms with Gasteiger partial charge in [0.05, 0.1) is 0 Å². The van der Waals surface area contributed by atoms with Gasteiger partial charge >= 0.3 is 0 Å². The average Bonchev–Trinajstić information content (AvgIpc) is 3.02. The molecule has 0 rings (SSSR count). The molecule has 0 unspecified atom stereocenters. The lowest BCUT2D eigenvalue weighted by atomic mass is 9.97. The predicted octanol–water partition coefficient (Wildman–Crippen LogP) is 12.9. The van der Waals surface area contributed by atoms with Crippen molar-refractivity contribution in [1.29, 1.82) is 0 Å². The van der Waals surface area contributed by atoms with E-state index in [1.807, 2.05) is 19.0 Å². The first-order valence-corrected chi connectivity index (χ1v) is 19.0. The summed E-state index contributed by atoms with van der Waals surface area (Å²) in [4.78, 5) is 15.3. The van der Waals surface area contributed by atoms with Gasteiger partial charge in [-0.25, -0.2) is 0 Å². The summed E-state index contributed by atoms with van der Waals surface area (Å²) in [6.45, 7) is 7.28. The lowest BCUT2D eigenvalue weighted by Gasteiger charge is -2.37. The Balaban J connectivity index is 3.93. The molecule has 1 atom stereocenters. The summed E-state index contributed by atoms with van der Waals surface area (Å²) in [5.41, 5.74) is -0.758. The van der Waals surface area contributed by atoms with Gasteiger partial charge in [-0.15, -0.1) is 0 Å². The van der Waals surface area contributed by atoms with Gasteiger partial charge in [-0.1, -0.05) is 140 Å². The summed E-state index contributed by atoms with van der Waals surface area (Å²) in [6.07, 6.45) is 48.0. The van der Waals surface area contributed by atoms with Gasteiger partial charge < -0.3 is 4.74 Å². The highest BCUT2D eigenvalue weighted by atomic mass is 16.5. The topological polar surface area (TPSA) is 29.5 Å². The number of carbonyl (C=O) groups is 1. The number of Topliss-reactive ketones (excluding diaryl/α,β-unsaturated/α-hetero) is 1. The van der Waals surface area contributed by atoms with Crippen molar-refractivity contribution in [1.82, 2.24) is 4.90 Å². The van der Waals surface area contributed by atoms with E-state index in [0.717, 1.165) is 32.1 Å². The molecule has 256 valence electrons. The number of ketones is 1. The molecule has 0 saturated carbocycles. The molecule has 3 heteroatoms. The van der Waals surface area contributed by atoms with Crippen LogP contribution >= 0.6 is 0 Å². The van der Waals surface area contributed by atoms with Crippen LogP contribution in [-0.2, 0) is 9.53 Å². The van der Waals surface area contributed by atoms with Crippen LogP contribution in [0.5, 0.6) is 0 Å². The van der Waals surface area contributed by atoms with Crippen LogP contribution in [0.1, 0.15) is 181 Å². The Hall–Kier alpha value is -1.45. The number of allylic oxidation sites excluding steroid dienone is 8. The van der Waals surface area contributed by atoms with E-state index in [2.05, 4.69) is 69.4 Å². The quantitative estimate of drug-likeness (QED) is 0.0419. The molecular formula is C41H75NO2. The molecule has 0 saturated heterocycles. The van der Waals surface area contributed by atoms with Crippen molar-refractivity contribution >= 4 is 5.78 Å². The van der Waals surface area contributed by atoms with E-state index in [-0.39, 0.29) is 5.78 Å². The van der Waals surface area contributed by atoms with Gasteiger partial charge in [0.1, 0.15) is 0 Å². The number of ether oxygens (including phenoxy) is 1. The molecule has 0 fully saturated rings. The molecule has 0 bridgehead atoms. The Morgan fingerprint density at radius 1 is 0.523 bits per heavy atom. The maximum absolute atomic E-state index is 13.3. The van der Waals surface area contributed by atoms with Crippen LogP contribution in [0.3, 0.4) is 0 Å². The first kappa shape index (κ1) is 42.6. The molecule has 0 N–H and O–H groups in total. The fourth-order valence-electron chi connectivity index (χ4n) is 5.70. The summed E-state index contributed by atoms with van der Waals surface area (Å²) in [5.74, 6) is 0.260. The number of hydrogen-bond acceptors (Lipinski definition) is 3. The van der Waals surface area contributed by atoms with Crippen LogP contribution in [-0.4, -0.2) is 37.1 Å². The number of rotatable bonds is 33. The lowest BCUT2D eigenvalue weighted by molar-refractivity contribution is -0.172. The van der Waals surface area contributed by atoms with Gasteiger partial charge in [0, 0.05) is 13.0 Å². The second-order valence-corrected chi connectivity index (χ2v) is 12.9. The molecule has 0 spiro atoms. The Kier molecular flexibility index (Phi) is 31.8. The van der Waals surface area contributed by atoms with Crippen molar-refractivity contribution in [3.63, 3.8) is 0 Å². The third-order valence-corrected chi connectivity index (χ3v) is 8.68. The van der Waals surface area contributed by atoms with Gasteiger partial charge in [-0.3, -0.25) is 9.69 Å². The highest BCUT2D eigenvalue weighted by Crippen LogP contribution is 2.24. The summed E-state index contributed by atoms with van der Waals surface area (Å²) in [6, 6.07) is 0. The molecule has 0 amide bonds. The first-order chi connectivity index (χ1) is 21.5. The van der Waals surface area contributed by atoms with Crippen molar-refractivity contribution in [2.45, 2.75) is 187 Å². The number of unbranched alkanes of at least 4 members (excludes halogenated alkanes) is 17. The van der Waals surface area contributed by atoms with Crippen LogP contribution in [0.4, 0.5) is 0 Å². The number of hydrogen-bond donors (Lipinski definition) is 0. The Bertz CT molecular complexity index is 735. The van der Waals surface area contributed by atoms with Gasteiger partial charge in [-0.2, -0.15) is 0 Å². The highest BCUT2D eigenvalue weighted by Gasteiger charge is 2.39. The summed E-state index contributed by atoms with van der Waals surface area (Å²) in [7, 11) is 3.99. The normalized spacial score (nSPS) is 13.9. The standard InChI is InChI=1S/C41H75NO2/c1-6-9-11-13-15-17-19-21-23-25-27-29-31-33-35-37-39-44-41(8-3,42(4)5)40(43)38-36-34-32-30-28-26-24-22-20-18-16-14-12-10-7-2/h15-18,21-24H,6-14,19-20,25-39H2,1-5H3/b17-15-,18-16-,23-21-,24-22-/t41-/m0/s1. The molecule has 44 heavy (non-hydrogen) atoms. The monoisotopic (exact) mass is 614 g/mol. The minimum atomic E-state index is -0.758. The highest BCUT2D eigenvalue weighted by molar-refractivity contribution is 5.86. The van der Waals surface area contributed by atoms with Crippen molar-refractivity contribution in [3.8, 4) is 0 Å². The van der Waals surface area contributed by atoms with E-state index in [4.69, 9.17) is 4.74 Å². The van der Waals surface area contributed by atoms with Crippen LogP contribution in [0, 0.1) is 0 Å². The van der Waals surface area contributed by atoms with Gasteiger partial charge in [0.25, 0.3) is 0 Å². The van der Waals surface area contributed by atoms with Crippen LogP contribution in [0.25, 0.3) is 0 Å². The van der Waals surface area contributed by atoms with E-state index in [1.165, 1.54) is 116 Å². The van der Waals surface area contributed by atoms with Crippen molar-refractivity contribution < 1.29 is 9.53 Å². The van der Waals surface area contributed by atoms with Crippen LogP contribution in [0.15, 0.2) is 48.6 Å². The van der Waals surface area contributed by atoms with Gasteiger partial charge in [0.15, 0.2) is 11.5 Å². The smallest absolute Gasteiger partial charge is 0.180 e. The lowest BCUT2D eigenvalue weighted by Crippen LogP contribution is -2.53. The number of nitrogens with zero attached hydrogens (tertiary/aromatic N) is 1. The average molecular weight is 614 g/mol. The minimum Gasteiger partial charge on any atom is -0.353 e. The second kappa shape index (κ2) is 32.9. The first-order valence-electron chi connectivity index (χ1n) is 19.0. The SMILES string of the molecule is CCCCC/C=C\C/C=C\CCCCCCCCO[C@@](CC)(C(=O)CCCCCCC/C=C\C/C=C\CCCCC)N(C)C. The van der Waals surface area contributed by atoms with Crippen molar-refractivity contribution in [3.05, 3.63) is 48.6 Å². The molecule has 0 aromatic heterocycles. The fourth-order valence-corrected chi connectivity index (χ4v) is 5.70. The molecule has 0 aliphatic heterocycles. The van der Waals surface area contributed by atoms with Crippen LogP contribution in [0.2, 0.25) is 0 Å². The van der Waals surface area contributed by atoms with Crippen LogP contribution < -0.4 is 0 Å². The van der Waals surface area contributed by atoms with Crippen molar-refractivity contribution in [2.75, 3.05) is 20.7 Å². The van der Waals surface area contributed by atoms with E-state index in [9.17, 15) is 4.79 Å². The maximum atomic E-state index is 13.3. The summed E-state index contributed by atoms with van der Waals surface area (Å²) in [5, 5.41) is 0. The van der Waals surface area contributed by atoms with Gasteiger partial charge in [-0.05, 0) is 97.6 Å². The molecule has 0 aromatic carbocycles. The zero-order chi connectivity index (χ0) is 32.4. The minimum absolute atomic E-state index is 0.260. The molecule has 0 radical (unpaired) electrons. The number of likely N-dealkylation sites (N-methyl/N-ethyl adjacent to an activating group) is 1. The molecule has 0 aromatic rings. The molecule has 0 aliphatic carbocycles. The summed E-state index contributed by atoms with van der Waals surface area (Å²) >= 11 is 0.